The standard InChI is InChI=1S/C11H14BrN3/c1-6(2)15-13-10-5-9(12)7(3)8(4)11(10)14-15/h5-6H,1-4H3. The molecule has 0 fully saturated rings. The lowest BCUT2D eigenvalue weighted by molar-refractivity contribution is 0.472. The van der Waals surface area contributed by atoms with E-state index in [9.17, 15) is 0 Å². The van der Waals surface area contributed by atoms with Gasteiger partial charge in [-0.25, -0.2) is 0 Å². The first kappa shape index (κ1) is 10.6. The molecule has 0 aliphatic heterocycles. The Labute approximate surface area is 97.6 Å². The minimum atomic E-state index is 0.302. The minimum absolute atomic E-state index is 0.302. The molecular weight excluding hydrogens is 254 g/mol. The van der Waals surface area contributed by atoms with Crippen LogP contribution in [0.25, 0.3) is 11.0 Å². The number of halogens is 1. The summed E-state index contributed by atoms with van der Waals surface area (Å²) in [6.07, 6.45) is 0. The highest BCUT2D eigenvalue weighted by atomic mass is 79.9. The third-order valence-corrected chi connectivity index (χ3v) is 3.48. The quantitative estimate of drug-likeness (QED) is 0.793. The van der Waals surface area contributed by atoms with Crippen LogP contribution in [0.3, 0.4) is 0 Å². The average Bonchev–Trinajstić information content (AvgIpc) is 2.58. The summed E-state index contributed by atoms with van der Waals surface area (Å²) >= 11 is 3.54. The number of hydrogen-bond donors (Lipinski definition) is 0. The fraction of sp³-hybridized carbons (Fsp3) is 0.455. The largest absolute Gasteiger partial charge is 0.181 e. The van der Waals surface area contributed by atoms with Crippen molar-refractivity contribution < 1.29 is 0 Å². The molecule has 0 amide bonds. The van der Waals surface area contributed by atoms with Gasteiger partial charge in [0.15, 0.2) is 0 Å². The van der Waals surface area contributed by atoms with Gasteiger partial charge in [0.1, 0.15) is 11.0 Å². The lowest BCUT2D eigenvalue weighted by Gasteiger charge is -2.01. The summed E-state index contributed by atoms with van der Waals surface area (Å²) in [5.74, 6) is 0. The second-order valence-electron chi connectivity index (χ2n) is 4.09. The highest BCUT2D eigenvalue weighted by Crippen LogP contribution is 2.26. The number of fused-ring (bicyclic) bond motifs is 1. The van der Waals surface area contributed by atoms with E-state index >= 15 is 0 Å². The smallest absolute Gasteiger partial charge is 0.116 e. The fourth-order valence-electron chi connectivity index (χ4n) is 1.51. The van der Waals surface area contributed by atoms with Gasteiger partial charge in [0, 0.05) is 4.47 Å². The Kier molecular flexibility index (Phi) is 2.54. The van der Waals surface area contributed by atoms with E-state index < -0.39 is 0 Å². The molecule has 0 spiro atoms. The molecule has 0 aliphatic carbocycles. The van der Waals surface area contributed by atoms with E-state index in [-0.39, 0.29) is 0 Å². The summed E-state index contributed by atoms with van der Waals surface area (Å²) in [6.45, 7) is 8.33. The van der Waals surface area contributed by atoms with Crippen molar-refractivity contribution >= 4 is 27.0 Å². The van der Waals surface area contributed by atoms with Crippen LogP contribution >= 0.6 is 15.9 Å². The van der Waals surface area contributed by atoms with Gasteiger partial charge in [0.05, 0.1) is 6.04 Å². The van der Waals surface area contributed by atoms with Crippen molar-refractivity contribution in [3.05, 3.63) is 21.7 Å². The van der Waals surface area contributed by atoms with Gasteiger partial charge in [-0.1, -0.05) is 15.9 Å². The first-order valence-electron chi connectivity index (χ1n) is 5.03. The zero-order chi connectivity index (χ0) is 11.2. The topological polar surface area (TPSA) is 30.7 Å². The van der Waals surface area contributed by atoms with E-state index in [1.165, 1.54) is 11.1 Å². The molecule has 0 atom stereocenters. The second kappa shape index (κ2) is 3.59. The van der Waals surface area contributed by atoms with Crippen LogP contribution in [0.2, 0.25) is 0 Å². The van der Waals surface area contributed by atoms with Crippen molar-refractivity contribution in [2.24, 2.45) is 0 Å². The van der Waals surface area contributed by atoms with Crippen LogP contribution in [0, 0.1) is 13.8 Å². The van der Waals surface area contributed by atoms with E-state index in [0.717, 1.165) is 15.5 Å². The predicted molar refractivity (Wildman–Crippen MR) is 65.1 cm³/mol. The van der Waals surface area contributed by atoms with Crippen LogP contribution in [-0.4, -0.2) is 15.0 Å². The van der Waals surface area contributed by atoms with E-state index in [0.29, 0.717) is 6.04 Å². The molecule has 1 aromatic carbocycles. The summed E-state index contributed by atoms with van der Waals surface area (Å²) < 4.78 is 1.10. The number of aryl methyl sites for hydroxylation is 1. The predicted octanol–water partition coefficient (Wildman–Crippen LogP) is 3.39. The maximum Gasteiger partial charge on any atom is 0.116 e. The van der Waals surface area contributed by atoms with E-state index in [2.05, 4.69) is 53.8 Å². The number of hydrogen-bond acceptors (Lipinski definition) is 2. The molecule has 4 heteroatoms. The molecule has 0 N–H and O–H groups in total. The van der Waals surface area contributed by atoms with Gasteiger partial charge in [-0.2, -0.15) is 15.0 Å². The van der Waals surface area contributed by atoms with Crippen molar-refractivity contribution in [1.82, 2.24) is 15.0 Å². The van der Waals surface area contributed by atoms with Crippen molar-refractivity contribution in [2.75, 3.05) is 0 Å². The lowest BCUT2D eigenvalue weighted by atomic mass is 10.1. The Morgan fingerprint density at radius 2 is 1.87 bits per heavy atom. The maximum atomic E-state index is 4.50. The Balaban J connectivity index is 2.76. The molecule has 0 unspecified atom stereocenters. The Hall–Kier alpha value is -0.900. The number of nitrogens with zero attached hydrogens (tertiary/aromatic N) is 3. The van der Waals surface area contributed by atoms with Crippen molar-refractivity contribution in [2.45, 2.75) is 33.7 Å². The normalized spacial score (nSPS) is 11.6. The Bertz CT molecular complexity index is 514. The zero-order valence-electron chi connectivity index (χ0n) is 9.37. The summed E-state index contributed by atoms with van der Waals surface area (Å²) in [7, 11) is 0. The van der Waals surface area contributed by atoms with E-state index in [4.69, 9.17) is 0 Å². The molecule has 2 aromatic rings. The maximum absolute atomic E-state index is 4.50. The van der Waals surface area contributed by atoms with Crippen LogP contribution in [0.1, 0.15) is 31.0 Å². The van der Waals surface area contributed by atoms with Gasteiger partial charge in [-0.15, -0.1) is 0 Å². The fourth-order valence-corrected chi connectivity index (χ4v) is 2.03. The number of aromatic nitrogens is 3. The third kappa shape index (κ3) is 1.67. The molecule has 0 saturated heterocycles. The van der Waals surface area contributed by atoms with Crippen LogP contribution in [0.4, 0.5) is 0 Å². The van der Waals surface area contributed by atoms with Crippen LogP contribution in [-0.2, 0) is 0 Å². The molecule has 80 valence electrons. The molecule has 0 aliphatic rings. The molecule has 3 nitrogen and oxygen atoms in total. The zero-order valence-corrected chi connectivity index (χ0v) is 11.0. The molecule has 2 rings (SSSR count). The Morgan fingerprint density at radius 3 is 2.47 bits per heavy atom. The molecular formula is C11H14BrN3. The van der Waals surface area contributed by atoms with Crippen LogP contribution in [0.15, 0.2) is 10.5 Å². The highest BCUT2D eigenvalue weighted by molar-refractivity contribution is 9.10. The SMILES string of the molecule is Cc1c(Br)cc2nn(C(C)C)nc2c1C. The molecule has 1 heterocycles. The average molecular weight is 268 g/mol. The number of rotatable bonds is 1. The van der Waals surface area contributed by atoms with Gasteiger partial charge >= 0.3 is 0 Å². The van der Waals surface area contributed by atoms with Crippen molar-refractivity contribution in [3.63, 3.8) is 0 Å². The van der Waals surface area contributed by atoms with Gasteiger partial charge in [0.25, 0.3) is 0 Å². The highest BCUT2D eigenvalue weighted by Gasteiger charge is 2.11. The molecule has 0 bridgehead atoms. The first-order valence-corrected chi connectivity index (χ1v) is 5.82. The van der Waals surface area contributed by atoms with E-state index in [1.54, 1.807) is 4.80 Å². The van der Waals surface area contributed by atoms with Crippen LogP contribution in [0.5, 0.6) is 0 Å². The van der Waals surface area contributed by atoms with Crippen molar-refractivity contribution in [1.29, 1.82) is 0 Å². The summed E-state index contributed by atoms with van der Waals surface area (Å²) in [5, 5.41) is 8.95. The Morgan fingerprint density at radius 1 is 1.20 bits per heavy atom. The van der Waals surface area contributed by atoms with Gasteiger partial charge in [0.2, 0.25) is 0 Å². The summed E-state index contributed by atoms with van der Waals surface area (Å²) in [4.78, 5) is 1.77. The first-order chi connectivity index (χ1) is 7.00. The number of benzene rings is 1. The van der Waals surface area contributed by atoms with Gasteiger partial charge in [-0.3, -0.25) is 0 Å². The summed E-state index contributed by atoms with van der Waals surface area (Å²) in [6, 6.07) is 2.33. The molecule has 15 heavy (non-hydrogen) atoms. The van der Waals surface area contributed by atoms with E-state index in [1.807, 2.05) is 6.07 Å². The monoisotopic (exact) mass is 267 g/mol. The second-order valence-corrected chi connectivity index (χ2v) is 4.94. The van der Waals surface area contributed by atoms with Gasteiger partial charge in [-0.05, 0) is 44.9 Å². The molecule has 0 saturated carbocycles. The summed E-state index contributed by atoms with van der Waals surface area (Å²) in [5.41, 5.74) is 4.40. The van der Waals surface area contributed by atoms with Gasteiger partial charge < -0.3 is 0 Å². The molecule has 0 radical (unpaired) electrons. The third-order valence-electron chi connectivity index (χ3n) is 2.66. The lowest BCUT2D eigenvalue weighted by Crippen LogP contribution is -2.04. The van der Waals surface area contributed by atoms with Crippen molar-refractivity contribution in [3.8, 4) is 0 Å². The minimum Gasteiger partial charge on any atom is -0.181 e. The van der Waals surface area contributed by atoms with Crippen LogP contribution < -0.4 is 0 Å². The molecule has 1 aromatic heterocycles.